The molecule has 4 heterocycles. The largest absolute Gasteiger partial charge is 0.350 e. The number of likely N-dealkylation sites (tertiary alicyclic amines) is 1. The molecule has 6 nitrogen and oxygen atoms in total. The number of hydrogen-bond donors (Lipinski definition) is 0. The number of carbonyl (C=O) groups is 1. The quantitative estimate of drug-likeness (QED) is 0.812. The molecular formula is C22H29N5O. The fourth-order valence-corrected chi connectivity index (χ4v) is 4.40. The summed E-state index contributed by atoms with van der Waals surface area (Å²) in [4.78, 5) is 31.2. The molecule has 148 valence electrons. The molecule has 1 amide bonds. The highest BCUT2D eigenvalue weighted by Gasteiger charge is 2.31. The van der Waals surface area contributed by atoms with Crippen molar-refractivity contribution in [3.05, 3.63) is 47.2 Å². The lowest BCUT2D eigenvalue weighted by Gasteiger charge is -2.36. The summed E-state index contributed by atoms with van der Waals surface area (Å²) in [6, 6.07) is 6.04. The Hall–Kier alpha value is -2.50. The minimum absolute atomic E-state index is 0.00354. The van der Waals surface area contributed by atoms with Crippen LogP contribution in [0.5, 0.6) is 0 Å². The number of nitrogens with zero attached hydrogens (tertiary/aromatic N) is 5. The van der Waals surface area contributed by atoms with Gasteiger partial charge in [-0.2, -0.15) is 0 Å². The van der Waals surface area contributed by atoms with Crippen LogP contribution in [0.4, 0.5) is 5.82 Å². The van der Waals surface area contributed by atoms with Crippen LogP contribution in [0.15, 0.2) is 24.4 Å². The number of piperidine rings is 1. The fraction of sp³-hybridized carbons (Fsp3) is 0.545. The van der Waals surface area contributed by atoms with Crippen molar-refractivity contribution in [2.75, 3.05) is 18.0 Å². The van der Waals surface area contributed by atoms with E-state index in [4.69, 9.17) is 9.97 Å². The molecule has 2 aliphatic rings. The SMILES string of the molecule is CCC(=O)N1CCCC[C@@H]1c1nc(C)c2c(n1)N(Cc1ccccn1)CCC2. The predicted octanol–water partition coefficient (Wildman–Crippen LogP) is 3.60. The second-order valence-corrected chi connectivity index (χ2v) is 7.77. The lowest BCUT2D eigenvalue weighted by Crippen LogP contribution is -2.39. The molecule has 0 aliphatic carbocycles. The summed E-state index contributed by atoms with van der Waals surface area (Å²) >= 11 is 0. The molecule has 0 aromatic carbocycles. The van der Waals surface area contributed by atoms with Crippen LogP contribution in [0.1, 0.15) is 67.8 Å². The molecule has 2 aromatic rings. The Morgan fingerprint density at radius 1 is 1.18 bits per heavy atom. The lowest BCUT2D eigenvalue weighted by molar-refractivity contribution is -0.134. The van der Waals surface area contributed by atoms with E-state index in [0.717, 1.165) is 74.8 Å². The van der Waals surface area contributed by atoms with E-state index in [1.807, 2.05) is 30.2 Å². The van der Waals surface area contributed by atoms with Crippen molar-refractivity contribution in [1.29, 1.82) is 0 Å². The van der Waals surface area contributed by atoms with Gasteiger partial charge in [0.15, 0.2) is 5.82 Å². The Labute approximate surface area is 167 Å². The highest BCUT2D eigenvalue weighted by molar-refractivity contribution is 5.76. The van der Waals surface area contributed by atoms with Gasteiger partial charge in [0, 0.05) is 37.0 Å². The predicted molar refractivity (Wildman–Crippen MR) is 109 cm³/mol. The third-order valence-electron chi connectivity index (χ3n) is 5.87. The number of amides is 1. The first-order chi connectivity index (χ1) is 13.7. The number of aryl methyl sites for hydroxylation is 1. The molecule has 6 heteroatoms. The summed E-state index contributed by atoms with van der Waals surface area (Å²) in [7, 11) is 0. The minimum atomic E-state index is 0.00354. The van der Waals surface area contributed by atoms with Gasteiger partial charge in [0.25, 0.3) is 0 Å². The van der Waals surface area contributed by atoms with Crippen LogP contribution in [0.25, 0.3) is 0 Å². The zero-order chi connectivity index (χ0) is 19.5. The average molecular weight is 380 g/mol. The van der Waals surface area contributed by atoms with Gasteiger partial charge >= 0.3 is 0 Å². The van der Waals surface area contributed by atoms with Crippen molar-refractivity contribution in [3.63, 3.8) is 0 Å². The van der Waals surface area contributed by atoms with Crippen molar-refractivity contribution in [1.82, 2.24) is 19.9 Å². The third-order valence-corrected chi connectivity index (χ3v) is 5.87. The molecule has 4 rings (SSSR count). The lowest BCUT2D eigenvalue weighted by atomic mass is 9.99. The Balaban J connectivity index is 1.68. The Kier molecular flexibility index (Phi) is 5.55. The van der Waals surface area contributed by atoms with Gasteiger partial charge in [0.2, 0.25) is 5.91 Å². The number of anilines is 1. The van der Waals surface area contributed by atoms with Gasteiger partial charge in [-0.15, -0.1) is 0 Å². The first-order valence-corrected chi connectivity index (χ1v) is 10.5. The summed E-state index contributed by atoms with van der Waals surface area (Å²) in [5, 5.41) is 0. The van der Waals surface area contributed by atoms with Crippen LogP contribution in [0.3, 0.4) is 0 Å². The van der Waals surface area contributed by atoms with E-state index in [0.29, 0.717) is 6.42 Å². The summed E-state index contributed by atoms with van der Waals surface area (Å²) in [6.07, 6.45) is 7.63. The number of pyridine rings is 1. The Morgan fingerprint density at radius 2 is 2.07 bits per heavy atom. The van der Waals surface area contributed by atoms with E-state index in [2.05, 4.69) is 22.9 Å². The maximum Gasteiger partial charge on any atom is 0.222 e. The topological polar surface area (TPSA) is 62.2 Å². The highest BCUT2D eigenvalue weighted by Crippen LogP contribution is 2.34. The Morgan fingerprint density at radius 3 is 2.86 bits per heavy atom. The molecular weight excluding hydrogens is 350 g/mol. The van der Waals surface area contributed by atoms with Crippen LogP contribution in [-0.4, -0.2) is 38.8 Å². The van der Waals surface area contributed by atoms with Crippen LogP contribution >= 0.6 is 0 Å². The van der Waals surface area contributed by atoms with Gasteiger partial charge in [-0.3, -0.25) is 9.78 Å². The van der Waals surface area contributed by atoms with Gasteiger partial charge in [0.05, 0.1) is 18.3 Å². The van der Waals surface area contributed by atoms with Crippen molar-refractivity contribution >= 4 is 11.7 Å². The van der Waals surface area contributed by atoms with E-state index >= 15 is 0 Å². The Bertz CT molecular complexity index is 838. The van der Waals surface area contributed by atoms with Crippen molar-refractivity contribution < 1.29 is 4.79 Å². The first-order valence-electron chi connectivity index (χ1n) is 10.5. The van der Waals surface area contributed by atoms with E-state index in [1.165, 1.54) is 5.56 Å². The van der Waals surface area contributed by atoms with Crippen LogP contribution in [-0.2, 0) is 17.8 Å². The summed E-state index contributed by atoms with van der Waals surface area (Å²) in [6.45, 7) is 6.56. The maximum absolute atomic E-state index is 12.5. The molecule has 0 spiro atoms. The summed E-state index contributed by atoms with van der Waals surface area (Å²) in [5.41, 5.74) is 3.35. The van der Waals surface area contributed by atoms with Crippen molar-refractivity contribution in [2.45, 2.75) is 65.0 Å². The molecule has 2 aromatic heterocycles. The standard InChI is InChI=1S/C22H29N5O/c1-3-20(28)27-14-7-5-11-19(27)21-24-16(2)18-10-8-13-26(22(18)25-21)15-17-9-4-6-12-23-17/h4,6,9,12,19H,3,5,7-8,10-11,13-15H2,1-2H3/t19-/m1/s1. The van der Waals surface area contributed by atoms with Crippen molar-refractivity contribution in [3.8, 4) is 0 Å². The number of rotatable bonds is 4. The van der Waals surface area contributed by atoms with E-state index in [1.54, 1.807) is 0 Å². The molecule has 1 saturated heterocycles. The van der Waals surface area contributed by atoms with Gasteiger partial charge < -0.3 is 9.80 Å². The van der Waals surface area contributed by atoms with Crippen LogP contribution in [0.2, 0.25) is 0 Å². The zero-order valence-electron chi connectivity index (χ0n) is 16.9. The third kappa shape index (κ3) is 3.73. The second kappa shape index (κ2) is 8.25. The molecule has 0 bridgehead atoms. The van der Waals surface area contributed by atoms with E-state index in [-0.39, 0.29) is 11.9 Å². The number of aromatic nitrogens is 3. The molecule has 0 unspecified atom stereocenters. The normalized spacial score (nSPS) is 19.4. The van der Waals surface area contributed by atoms with Gasteiger partial charge in [0.1, 0.15) is 5.82 Å². The minimum Gasteiger partial charge on any atom is -0.350 e. The zero-order valence-corrected chi connectivity index (χ0v) is 16.9. The molecule has 0 saturated carbocycles. The summed E-state index contributed by atoms with van der Waals surface area (Å²) < 4.78 is 0. The van der Waals surface area contributed by atoms with E-state index < -0.39 is 0 Å². The number of fused-ring (bicyclic) bond motifs is 1. The van der Waals surface area contributed by atoms with Crippen molar-refractivity contribution in [2.24, 2.45) is 0 Å². The van der Waals surface area contributed by atoms with Gasteiger partial charge in [-0.05, 0) is 51.2 Å². The molecule has 1 atom stereocenters. The summed E-state index contributed by atoms with van der Waals surface area (Å²) in [5.74, 6) is 2.05. The van der Waals surface area contributed by atoms with E-state index in [9.17, 15) is 4.79 Å². The highest BCUT2D eigenvalue weighted by atomic mass is 16.2. The second-order valence-electron chi connectivity index (χ2n) is 7.77. The first kappa shape index (κ1) is 18.8. The molecule has 1 fully saturated rings. The van der Waals surface area contributed by atoms with Crippen LogP contribution in [0, 0.1) is 6.92 Å². The number of carbonyl (C=O) groups excluding carboxylic acids is 1. The number of hydrogen-bond acceptors (Lipinski definition) is 5. The molecule has 0 radical (unpaired) electrons. The molecule has 0 N–H and O–H groups in total. The average Bonchev–Trinajstić information content (AvgIpc) is 2.74. The van der Waals surface area contributed by atoms with Crippen LogP contribution < -0.4 is 4.90 Å². The smallest absolute Gasteiger partial charge is 0.222 e. The fourth-order valence-electron chi connectivity index (χ4n) is 4.40. The van der Waals surface area contributed by atoms with Gasteiger partial charge in [-0.1, -0.05) is 13.0 Å². The maximum atomic E-state index is 12.5. The monoisotopic (exact) mass is 379 g/mol. The molecule has 2 aliphatic heterocycles. The van der Waals surface area contributed by atoms with Gasteiger partial charge in [-0.25, -0.2) is 9.97 Å². The molecule has 28 heavy (non-hydrogen) atoms.